The molecule has 0 saturated heterocycles. The maximum atomic E-state index is 12.0. The first kappa shape index (κ1) is 18.6. The molecule has 1 rings (SSSR count). The molecule has 7 nitrogen and oxygen atoms in total. The summed E-state index contributed by atoms with van der Waals surface area (Å²) in [5.41, 5.74) is 6.14. The lowest BCUT2D eigenvalue weighted by Crippen LogP contribution is -2.33. The van der Waals surface area contributed by atoms with E-state index in [1.54, 1.807) is 31.2 Å². The third kappa shape index (κ3) is 6.07. The Hall–Kier alpha value is -2.41. The van der Waals surface area contributed by atoms with E-state index in [4.69, 9.17) is 15.2 Å². The van der Waals surface area contributed by atoms with Crippen molar-refractivity contribution in [2.75, 3.05) is 13.7 Å². The van der Waals surface area contributed by atoms with Crippen LogP contribution in [0.5, 0.6) is 0 Å². The van der Waals surface area contributed by atoms with Crippen LogP contribution in [0.1, 0.15) is 13.3 Å². The van der Waals surface area contributed by atoms with Crippen LogP contribution in [0.4, 0.5) is 0 Å². The molecule has 0 fully saturated rings. The highest BCUT2D eigenvalue weighted by Gasteiger charge is 2.19. The van der Waals surface area contributed by atoms with Gasteiger partial charge in [0, 0.05) is 12.6 Å². The van der Waals surface area contributed by atoms with Crippen molar-refractivity contribution >= 4 is 18.7 Å². The van der Waals surface area contributed by atoms with Crippen LogP contribution < -0.4 is 11.1 Å². The number of aldehydes is 1. The van der Waals surface area contributed by atoms with Crippen LogP contribution in [-0.4, -0.2) is 44.5 Å². The molecule has 1 aliphatic carbocycles. The fourth-order valence-electron chi connectivity index (χ4n) is 1.99. The van der Waals surface area contributed by atoms with Crippen molar-refractivity contribution in [2.45, 2.75) is 25.5 Å². The first-order valence-electron chi connectivity index (χ1n) is 7.25. The first-order valence-corrected chi connectivity index (χ1v) is 7.25. The van der Waals surface area contributed by atoms with Gasteiger partial charge in [0.05, 0.1) is 19.1 Å². The molecule has 0 radical (unpaired) electrons. The van der Waals surface area contributed by atoms with Gasteiger partial charge in [0.1, 0.15) is 18.1 Å². The van der Waals surface area contributed by atoms with Gasteiger partial charge in [0.15, 0.2) is 0 Å². The van der Waals surface area contributed by atoms with E-state index >= 15 is 0 Å². The second-order valence-electron chi connectivity index (χ2n) is 5.09. The van der Waals surface area contributed by atoms with Crippen molar-refractivity contribution in [3.63, 3.8) is 0 Å². The number of nitrogens with one attached hydrogen (secondary N) is 1. The fourth-order valence-corrected chi connectivity index (χ4v) is 1.99. The molecule has 0 aliphatic heterocycles. The molecule has 3 unspecified atom stereocenters. The van der Waals surface area contributed by atoms with Crippen LogP contribution in [0.25, 0.3) is 0 Å². The molecule has 1 aliphatic rings. The lowest BCUT2D eigenvalue weighted by Gasteiger charge is -2.19. The number of carbonyl (C=O) groups is 3. The number of ether oxygens (including phenoxy) is 2. The van der Waals surface area contributed by atoms with Crippen molar-refractivity contribution < 1.29 is 23.9 Å². The SMILES string of the molecule is COC1=CC(OC=O)/C(=C\C(C)C(=O)NCCC(N)C=O)C=C1. The summed E-state index contributed by atoms with van der Waals surface area (Å²) in [7, 11) is 1.52. The summed E-state index contributed by atoms with van der Waals surface area (Å²) in [5.74, 6) is -0.0540. The monoisotopic (exact) mass is 322 g/mol. The number of carbonyl (C=O) groups excluding carboxylic acids is 3. The van der Waals surface area contributed by atoms with Crippen molar-refractivity contribution in [2.24, 2.45) is 11.7 Å². The van der Waals surface area contributed by atoms with Gasteiger partial charge in [0.25, 0.3) is 6.47 Å². The molecule has 0 heterocycles. The maximum Gasteiger partial charge on any atom is 0.294 e. The van der Waals surface area contributed by atoms with Gasteiger partial charge in [-0.25, -0.2) is 0 Å². The maximum absolute atomic E-state index is 12.0. The third-order valence-corrected chi connectivity index (χ3v) is 3.33. The second kappa shape index (κ2) is 9.58. The molecule has 126 valence electrons. The summed E-state index contributed by atoms with van der Waals surface area (Å²) in [6.07, 6.45) is 7.26. The highest BCUT2D eigenvalue weighted by molar-refractivity contribution is 5.80. The number of amides is 1. The van der Waals surface area contributed by atoms with E-state index in [0.717, 1.165) is 0 Å². The highest BCUT2D eigenvalue weighted by atomic mass is 16.5. The average Bonchev–Trinajstić information content (AvgIpc) is 2.56. The second-order valence-corrected chi connectivity index (χ2v) is 5.09. The van der Waals surface area contributed by atoms with Gasteiger partial charge in [-0.05, 0) is 18.1 Å². The predicted octanol–water partition coefficient (Wildman–Crippen LogP) is 0.223. The Morgan fingerprint density at radius 2 is 2.17 bits per heavy atom. The summed E-state index contributed by atoms with van der Waals surface area (Å²) in [5, 5.41) is 2.71. The zero-order valence-electron chi connectivity index (χ0n) is 13.2. The highest BCUT2D eigenvalue weighted by Crippen LogP contribution is 2.21. The molecule has 3 N–H and O–H groups in total. The normalized spacial score (nSPS) is 21.1. The van der Waals surface area contributed by atoms with Crippen molar-refractivity contribution in [1.82, 2.24) is 5.32 Å². The molecule has 1 amide bonds. The van der Waals surface area contributed by atoms with Gasteiger partial charge in [-0.15, -0.1) is 0 Å². The molecule has 0 aromatic rings. The van der Waals surface area contributed by atoms with Crippen LogP contribution >= 0.6 is 0 Å². The summed E-state index contributed by atoms with van der Waals surface area (Å²) in [6, 6.07) is -0.576. The summed E-state index contributed by atoms with van der Waals surface area (Å²) in [4.78, 5) is 33.0. The van der Waals surface area contributed by atoms with E-state index in [-0.39, 0.29) is 5.91 Å². The van der Waals surface area contributed by atoms with E-state index in [0.29, 0.717) is 37.1 Å². The number of nitrogens with two attached hydrogens (primary N) is 1. The topological polar surface area (TPSA) is 108 Å². The molecule has 7 heteroatoms. The summed E-state index contributed by atoms with van der Waals surface area (Å²) >= 11 is 0. The van der Waals surface area contributed by atoms with Crippen LogP contribution in [0.15, 0.2) is 35.6 Å². The Balaban J connectivity index is 2.66. The molecule has 0 saturated carbocycles. The Labute approximate surface area is 135 Å². The number of hydrogen-bond donors (Lipinski definition) is 2. The van der Waals surface area contributed by atoms with Gasteiger partial charge in [-0.2, -0.15) is 0 Å². The predicted molar refractivity (Wildman–Crippen MR) is 84.1 cm³/mol. The lowest BCUT2D eigenvalue weighted by atomic mass is 9.98. The lowest BCUT2D eigenvalue weighted by molar-refractivity contribution is -0.130. The van der Waals surface area contributed by atoms with Gasteiger partial charge in [-0.3, -0.25) is 9.59 Å². The largest absolute Gasteiger partial charge is 0.497 e. The molecule has 0 spiro atoms. The summed E-state index contributed by atoms with van der Waals surface area (Å²) in [6.45, 7) is 2.40. The molecule has 0 bridgehead atoms. The molecule has 23 heavy (non-hydrogen) atoms. The quantitative estimate of drug-likeness (QED) is 0.588. The zero-order valence-corrected chi connectivity index (χ0v) is 13.2. The van der Waals surface area contributed by atoms with E-state index < -0.39 is 18.1 Å². The Morgan fingerprint density at radius 3 is 2.78 bits per heavy atom. The number of rotatable bonds is 9. The van der Waals surface area contributed by atoms with Crippen molar-refractivity contribution in [1.29, 1.82) is 0 Å². The molecule has 3 atom stereocenters. The zero-order chi connectivity index (χ0) is 17.2. The minimum absolute atomic E-state index is 0.199. The minimum Gasteiger partial charge on any atom is -0.497 e. The fraction of sp³-hybridized carbons (Fsp3) is 0.438. The minimum atomic E-state index is -0.591. The van der Waals surface area contributed by atoms with Gasteiger partial charge in [0.2, 0.25) is 5.91 Å². The standard InChI is InChI=1S/C16H22N2O5/c1-11(16(21)18-6-5-13(17)9-19)7-12-3-4-14(22-2)8-15(12)23-10-20/h3-4,7-11,13,15H,5-6,17H2,1-2H3,(H,18,21)/b12-7-. The molecular weight excluding hydrogens is 300 g/mol. The smallest absolute Gasteiger partial charge is 0.294 e. The molecule has 0 aromatic heterocycles. The Bertz CT molecular complexity index is 525. The van der Waals surface area contributed by atoms with Crippen LogP contribution in [-0.2, 0) is 23.9 Å². The average molecular weight is 322 g/mol. The van der Waals surface area contributed by atoms with E-state index in [2.05, 4.69) is 5.32 Å². The third-order valence-electron chi connectivity index (χ3n) is 3.33. The van der Waals surface area contributed by atoms with E-state index in [9.17, 15) is 14.4 Å². The van der Waals surface area contributed by atoms with Crippen molar-refractivity contribution in [3.05, 3.63) is 35.6 Å². The number of hydrogen-bond acceptors (Lipinski definition) is 6. The summed E-state index contributed by atoms with van der Waals surface area (Å²) < 4.78 is 10.1. The molecule has 0 aromatic carbocycles. The van der Waals surface area contributed by atoms with E-state index in [1.807, 2.05) is 0 Å². The van der Waals surface area contributed by atoms with Crippen LogP contribution in [0, 0.1) is 5.92 Å². The van der Waals surface area contributed by atoms with Gasteiger partial charge in [-0.1, -0.05) is 19.1 Å². The Kier molecular flexibility index (Phi) is 7.76. The number of methoxy groups -OCH3 is 1. The molecular formula is C16H22N2O5. The van der Waals surface area contributed by atoms with Gasteiger partial charge < -0.3 is 25.3 Å². The van der Waals surface area contributed by atoms with Crippen molar-refractivity contribution in [3.8, 4) is 0 Å². The van der Waals surface area contributed by atoms with Crippen LogP contribution in [0.3, 0.4) is 0 Å². The Morgan fingerprint density at radius 1 is 1.43 bits per heavy atom. The van der Waals surface area contributed by atoms with E-state index in [1.165, 1.54) is 7.11 Å². The van der Waals surface area contributed by atoms with Gasteiger partial charge >= 0.3 is 0 Å². The first-order chi connectivity index (χ1) is 11.0. The number of allylic oxidation sites excluding steroid dienone is 1. The van der Waals surface area contributed by atoms with Crippen LogP contribution in [0.2, 0.25) is 0 Å².